The quantitative estimate of drug-likeness (QED) is 0.740. The minimum absolute atomic E-state index is 0.00374. The second-order valence-electron chi connectivity index (χ2n) is 9.42. The van der Waals surface area contributed by atoms with E-state index in [1.807, 2.05) is 0 Å². The molecule has 1 aromatic heterocycles. The number of aromatic hydroxyl groups is 1. The van der Waals surface area contributed by atoms with Crippen molar-refractivity contribution in [3.63, 3.8) is 0 Å². The topological polar surface area (TPSA) is 119 Å². The first kappa shape index (κ1) is 22.0. The third kappa shape index (κ3) is 3.78. The number of amides is 2. The second-order valence-corrected chi connectivity index (χ2v) is 9.42. The van der Waals surface area contributed by atoms with Gasteiger partial charge >= 0.3 is 5.56 Å². The van der Waals surface area contributed by atoms with Crippen molar-refractivity contribution in [3.8, 4) is 5.75 Å². The summed E-state index contributed by atoms with van der Waals surface area (Å²) >= 11 is 0. The molecule has 2 aliphatic rings. The first-order chi connectivity index (χ1) is 15.1. The number of primary amides is 1. The van der Waals surface area contributed by atoms with Crippen molar-refractivity contribution in [2.45, 2.75) is 70.4 Å². The zero-order chi connectivity index (χ0) is 23.2. The van der Waals surface area contributed by atoms with E-state index in [4.69, 9.17) is 5.73 Å². The van der Waals surface area contributed by atoms with E-state index in [1.54, 1.807) is 11.6 Å². The fraction of sp³-hybridized carbons (Fsp3) is 0.500. The van der Waals surface area contributed by atoms with Crippen LogP contribution in [0, 0.1) is 13.8 Å². The summed E-state index contributed by atoms with van der Waals surface area (Å²) in [4.78, 5) is 42.7. The summed E-state index contributed by atoms with van der Waals surface area (Å²) in [5, 5.41) is 10.4. The molecule has 3 N–H and O–H groups in total. The molecule has 0 radical (unpaired) electrons. The highest BCUT2D eigenvalue weighted by molar-refractivity contribution is 5.96. The van der Waals surface area contributed by atoms with Crippen LogP contribution in [0.25, 0.3) is 0 Å². The molecule has 8 nitrogen and oxygen atoms in total. The Morgan fingerprint density at radius 2 is 1.81 bits per heavy atom. The van der Waals surface area contributed by atoms with Crippen LogP contribution in [0.5, 0.6) is 5.75 Å². The van der Waals surface area contributed by atoms with Gasteiger partial charge in [-0.05, 0) is 32.3 Å². The van der Waals surface area contributed by atoms with Gasteiger partial charge in [-0.2, -0.15) is 4.98 Å². The number of carbonyl (C=O) groups is 2. The van der Waals surface area contributed by atoms with Crippen LogP contribution in [0.4, 0.5) is 0 Å². The molecule has 170 valence electrons. The first-order valence-corrected chi connectivity index (χ1v) is 11.1. The molecule has 1 saturated carbocycles. The van der Waals surface area contributed by atoms with E-state index in [2.05, 4.69) is 37.0 Å². The zero-order valence-electron chi connectivity index (χ0n) is 18.9. The highest BCUT2D eigenvalue weighted by Crippen LogP contribution is 2.44. The van der Waals surface area contributed by atoms with E-state index < -0.39 is 29.2 Å². The maximum absolute atomic E-state index is 13.0. The fourth-order valence-electron chi connectivity index (χ4n) is 5.44. The van der Waals surface area contributed by atoms with Gasteiger partial charge in [0.05, 0.1) is 6.04 Å². The van der Waals surface area contributed by atoms with E-state index in [-0.39, 0.29) is 24.1 Å². The summed E-state index contributed by atoms with van der Waals surface area (Å²) in [5.41, 5.74) is 7.93. The van der Waals surface area contributed by atoms with E-state index in [0.717, 1.165) is 25.7 Å². The van der Waals surface area contributed by atoms with Gasteiger partial charge in [-0.15, -0.1) is 0 Å². The molecule has 8 heteroatoms. The number of aryl methyl sites for hydroxylation is 2. The van der Waals surface area contributed by atoms with Crippen LogP contribution >= 0.6 is 0 Å². The smallest absolute Gasteiger partial charge is 0.315 e. The van der Waals surface area contributed by atoms with Crippen molar-refractivity contribution in [2.75, 3.05) is 7.05 Å². The Morgan fingerprint density at radius 1 is 1.19 bits per heavy atom. The Morgan fingerprint density at radius 3 is 2.41 bits per heavy atom. The molecule has 32 heavy (non-hydrogen) atoms. The molecular weight excluding hydrogens is 408 g/mol. The molecule has 1 aliphatic heterocycles. The zero-order valence-corrected chi connectivity index (χ0v) is 18.9. The lowest BCUT2D eigenvalue weighted by molar-refractivity contribution is -0.119. The van der Waals surface area contributed by atoms with Crippen LogP contribution in [0.1, 0.15) is 65.1 Å². The van der Waals surface area contributed by atoms with E-state index >= 15 is 0 Å². The van der Waals surface area contributed by atoms with Gasteiger partial charge < -0.3 is 20.3 Å². The highest BCUT2D eigenvalue weighted by atomic mass is 16.3. The number of nitrogens with zero attached hydrogens (tertiary/aromatic N) is 3. The number of hydrogen-bond donors (Lipinski definition) is 2. The van der Waals surface area contributed by atoms with Crippen LogP contribution in [-0.2, 0) is 23.2 Å². The third-order valence-corrected chi connectivity index (χ3v) is 7.03. The van der Waals surface area contributed by atoms with Crippen molar-refractivity contribution < 1.29 is 14.7 Å². The summed E-state index contributed by atoms with van der Waals surface area (Å²) in [6, 6.07) is 6.07. The van der Waals surface area contributed by atoms with Crippen molar-refractivity contribution in [3.05, 3.63) is 56.8 Å². The Bertz CT molecular complexity index is 1130. The number of carbonyl (C=O) groups excluding carboxylic acids is 2. The molecule has 2 amide bonds. The Kier molecular flexibility index (Phi) is 5.56. The minimum atomic E-state index is -0.796. The Hall–Kier alpha value is -3.16. The van der Waals surface area contributed by atoms with Crippen molar-refractivity contribution in [2.24, 2.45) is 5.73 Å². The standard InChI is InChI=1S/C24H30N4O4/c1-14-8-15(2)10-16(9-14)24(6-4-5-7-24)12-19-26-22(31)21(30)20-23(32)27(3)17(11-18(25)29)13-28(19)20/h8-10,17,30H,4-7,11-13H2,1-3H3,(H2,25,29)/t17-/m0/s1. The lowest BCUT2D eigenvalue weighted by Gasteiger charge is -2.37. The largest absolute Gasteiger partial charge is 0.501 e. The predicted octanol–water partition coefficient (Wildman–Crippen LogP) is 1.95. The lowest BCUT2D eigenvalue weighted by atomic mass is 9.75. The average molecular weight is 439 g/mol. The summed E-state index contributed by atoms with van der Waals surface area (Å²) in [5.74, 6) is -1.19. The second kappa shape index (κ2) is 8.07. The van der Waals surface area contributed by atoms with Gasteiger partial charge in [0.25, 0.3) is 5.91 Å². The fourth-order valence-corrected chi connectivity index (χ4v) is 5.44. The molecule has 2 heterocycles. The summed E-state index contributed by atoms with van der Waals surface area (Å²) in [6.45, 7) is 4.40. The van der Waals surface area contributed by atoms with Crippen LogP contribution in [0.2, 0.25) is 0 Å². The van der Waals surface area contributed by atoms with Gasteiger partial charge in [0.1, 0.15) is 5.82 Å². The lowest BCUT2D eigenvalue weighted by Crippen LogP contribution is -2.49. The molecule has 1 fully saturated rings. The number of rotatable bonds is 5. The predicted molar refractivity (Wildman–Crippen MR) is 120 cm³/mol. The molecule has 1 aliphatic carbocycles. The Balaban J connectivity index is 1.84. The number of hydrogen-bond acceptors (Lipinski definition) is 5. The number of likely N-dealkylation sites (N-methyl/N-ethyl adjacent to an activating group) is 1. The SMILES string of the molecule is Cc1cc(C)cc(C2(Cc3nc(=O)c(O)c4n3C[C@H](CC(N)=O)N(C)C4=O)CCCC2)c1. The van der Waals surface area contributed by atoms with Crippen LogP contribution < -0.4 is 11.3 Å². The summed E-state index contributed by atoms with van der Waals surface area (Å²) in [7, 11) is 1.55. The molecule has 0 spiro atoms. The van der Waals surface area contributed by atoms with Gasteiger partial charge in [-0.3, -0.25) is 14.4 Å². The third-order valence-electron chi connectivity index (χ3n) is 7.03. The van der Waals surface area contributed by atoms with Gasteiger partial charge in [0, 0.05) is 31.8 Å². The molecule has 0 unspecified atom stereocenters. The highest BCUT2D eigenvalue weighted by Gasteiger charge is 2.40. The molecule has 0 bridgehead atoms. The first-order valence-electron chi connectivity index (χ1n) is 11.1. The maximum Gasteiger partial charge on any atom is 0.315 e. The van der Waals surface area contributed by atoms with Gasteiger partial charge in [-0.25, -0.2) is 0 Å². The van der Waals surface area contributed by atoms with E-state index in [1.165, 1.54) is 21.6 Å². The number of fused-ring (bicyclic) bond motifs is 1. The van der Waals surface area contributed by atoms with Crippen molar-refractivity contribution in [1.29, 1.82) is 0 Å². The molecule has 2 aromatic rings. The summed E-state index contributed by atoms with van der Waals surface area (Å²) < 4.78 is 1.63. The number of aromatic nitrogens is 2. The van der Waals surface area contributed by atoms with Gasteiger partial charge in [0.2, 0.25) is 11.7 Å². The molecule has 1 aromatic carbocycles. The number of benzene rings is 1. The van der Waals surface area contributed by atoms with Gasteiger partial charge in [0.15, 0.2) is 5.69 Å². The maximum atomic E-state index is 13.0. The minimum Gasteiger partial charge on any atom is -0.501 e. The van der Waals surface area contributed by atoms with E-state index in [9.17, 15) is 19.5 Å². The molecule has 0 saturated heterocycles. The van der Waals surface area contributed by atoms with Crippen molar-refractivity contribution >= 4 is 11.8 Å². The van der Waals surface area contributed by atoms with Crippen LogP contribution in [0.3, 0.4) is 0 Å². The normalized spacial score (nSPS) is 19.8. The van der Waals surface area contributed by atoms with Gasteiger partial charge in [-0.1, -0.05) is 42.2 Å². The van der Waals surface area contributed by atoms with Crippen LogP contribution in [0.15, 0.2) is 23.0 Å². The van der Waals surface area contributed by atoms with Crippen LogP contribution in [-0.4, -0.2) is 44.5 Å². The van der Waals surface area contributed by atoms with Crippen molar-refractivity contribution in [1.82, 2.24) is 14.5 Å². The average Bonchev–Trinajstić information content (AvgIpc) is 3.18. The molecule has 4 rings (SSSR count). The Labute approximate surface area is 187 Å². The number of nitrogens with two attached hydrogens (primary N) is 1. The summed E-state index contributed by atoms with van der Waals surface area (Å²) in [6.07, 6.45) is 4.55. The van der Waals surface area contributed by atoms with E-state index in [0.29, 0.717) is 12.2 Å². The monoisotopic (exact) mass is 438 g/mol. The molecule has 1 atom stereocenters. The molecular formula is C24H30N4O4.